The summed E-state index contributed by atoms with van der Waals surface area (Å²) in [6.07, 6.45) is 5.85. The molecule has 1 saturated heterocycles. The molecule has 0 amide bonds. The number of hydrogen-bond acceptors (Lipinski definition) is 4. The molecule has 5 heteroatoms. The van der Waals surface area contributed by atoms with Crippen LogP contribution in [-0.2, 0) is 16.0 Å². The molecule has 0 spiro atoms. The zero-order valence-corrected chi connectivity index (χ0v) is 10.6. The number of ether oxygens (including phenoxy) is 2. The lowest BCUT2D eigenvalue weighted by molar-refractivity contribution is -0.00635. The van der Waals surface area contributed by atoms with Crippen LogP contribution in [0.4, 0.5) is 5.95 Å². The Morgan fingerprint density at radius 1 is 1.65 bits per heavy atom. The minimum atomic E-state index is -0.191. The fraction of sp³-hybridized carbons (Fsp3) is 0.750. The van der Waals surface area contributed by atoms with E-state index < -0.39 is 0 Å². The molecular formula is C12H21N3O2. The lowest BCUT2D eigenvalue weighted by atomic mass is 10.0. The van der Waals surface area contributed by atoms with Gasteiger partial charge in [0.25, 0.3) is 0 Å². The van der Waals surface area contributed by atoms with E-state index in [0.29, 0.717) is 6.61 Å². The van der Waals surface area contributed by atoms with Crippen LogP contribution in [0.5, 0.6) is 0 Å². The van der Waals surface area contributed by atoms with Crippen LogP contribution in [0.3, 0.4) is 0 Å². The highest BCUT2D eigenvalue weighted by molar-refractivity contribution is 5.26. The molecule has 0 radical (unpaired) electrons. The van der Waals surface area contributed by atoms with Gasteiger partial charge in [-0.25, -0.2) is 4.98 Å². The molecule has 2 rings (SSSR count). The van der Waals surface area contributed by atoms with Crippen molar-refractivity contribution in [3.63, 3.8) is 0 Å². The third-order valence-corrected chi connectivity index (χ3v) is 3.25. The summed E-state index contributed by atoms with van der Waals surface area (Å²) in [5.74, 6) is 0.912. The Morgan fingerprint density at radius 2 is 2.53 bits per heavy atom. The van der Waals surface area contributed by atoms with Crippen molar-refractivity contribution < 1.29 is 9.47 Å². The average Bonchev–Trinajstić information content (AvgIpc) is 2.97. The molecule has 1 aromatic heterocycles. The van der Waals surface area contributed by atoms with Gasteiger partial charge in [0, 0.05) is 45.6 Å². The third-order valence-electron chi connectivity index (χ3n) is 3.25. The first-order chi connectivity index (χ1) is 8.29. The monoisotopic (exact) mass is 239 g/mol. The van der Waals surface area contributed by atoms with Gasteiger partial charge in [-0.05, 0) is 6.42 Å². The minimum absolute atomic E-state index is 0.191. The van der Waals surface area contributed by atoms with Gasteiger partial charge in [-0.15, -0.1) is 0 Å². The summed E-state index contributed by atoms with van der Waals surface area (Å²) >= 11 is 0. The van der Waals surface area contributed by atoms with Crippen molar-refractivity contribution in [3.05, 3.63) is 12.4 Å². The third kappa shape index (κ3) is 2.79. The topological polar surface area (TPSA) is 48.3 Å². The Hall–Kier alpha value is -1.07. The molecule has 1 N–H and O–H groups in total. The zero-order valence-electron chi connectivity index (χ0n) is 10.6. The largest absolute Gasteiger partial charge is 0.378 e. The van der Waals surface area contributed by atoms with Gasteiger partial charge in [0.15, 0.2) is 0 Å². The number of aryl methyl sites for hydroxylation is 1. The van der Waals surface area contributed by atoms with Crippen molar-refractivity contribution in [1.82, 2.24) is 9.55 Å². The average molecular weight is 239 g/mol. The number of nitrogens with one attached hydrogen (secondary N) is 1. The van der Waals surface area contributed by atoms with E-state index in [1.807, 2.05) is 12.4 Å². The van der Waals surface area contributed by atoms with E-state index in [1.165, 1.54) is 0 Å². The van der Waals surface area contributed by atoms with Crippen molar-refractivity contribution in [2.24, 2.45) is 0 Å². The summed E-state index contributed by atoms with van der Waals surface area (Å²) in [6.45, 7) is 5.32. The Bertz CT molecular complexity index is 345. The molecule has 17 heavy (non-hydrogen) atoms. The number of anilines is 1. The predicted molar refractivity (Wildman–Crippen MR) is 66.2 cm³/mol. The standard InChI is InChI=1S/C12H21N3O2/c1-3-6-15-7-5-13-11(15)14-9-12(16-2)4-8-17-10-12/h5,7H,3-4,6,8-10H2,1-2H3,(H,13,14). The van der Waals surface area contributed by atoms with Gasteiger partial charge in [-0.1, -0.05) is 6.92 Å². The van der Waals surface area contributed by atoms with Crippen LogP contribution in [-0.4, -0.2) is 42.0 Å². The number of rotatable bonds is 6. The van der Waals surface area contributed by atoms with E-state index in [-0.39, 0.29) is 5.60 Å². The quantitative estimate of drug-likeness (QED) is 0.817. The van der Waals surface area contributed by atoms with Gasteiger partial charge < -0.3 is 19.4 Å². The molecule has 2 heterocycles. The van der Waals surface area contributed by atoms with E-state index in [1.54, 1.807) is 7.11 Å². The normalized spacial score (nSPS) is 24.1. The number of imidazole rings is 1. The second kappa shape index (κ2) is 5.51. The van der Waals surface area contributed by atoms with Gasteiger partial charge in [-0.2, -0.15) is 0 Å². The van der Waals surface area contributed by atoms with Gasteiger partial charge >= 0.3 is 0 Å². The highest BCUT2D eigenvalue weighted by atomic mass is 16.5. The molecule has 1 aliphatic heterocycles. The van der Waals surface area contributed by atoms with Crippen molar-refractivity contribution >= 4 is 5.95 Å². The van der Waals surface area contributed by atoms with Crippen LogP contribution in [0.1, 0.15) is 19.8 Å². The molecule has 0 aromatic carbocycles. The molecular weight excluding hydrogens is 218 g/mol. The fourth-order valence-corrected chi connectivity index (χ4v) is 2.10. The summed E-state index contributed by atoms with van der Waals surface area (Å²) in [4.78, 5) is 4.32. The zero-order chi connectivity index (χ0) is 12.1. The van der Waals surface area contributed by atoms with Gasteiger partial charge in [0.05, 0.1) is 6.61 Å². The highest BCUT2D eigenvalue weighted by Crippen LogP contribution is 2.22. The van der Waals surface area contributed by atoms with Crippen LogP contribution < -0.4 is 5.32 Å². The van der Waals surface area contributed by atoms with Crippen molar-refractivity contribution in [2.45, 2.75) is 31.9 Å². The number of methoxy groups -OCH3 is 1. The molecule has 0 bridgehead atoms. The van der Waals surface area contributed by atoms with E-state index >= 15 is 0 Å². The molecule has 1 unspecified atom stereocenters. The lowest BCUT2D eigenvalue weighted by Gasteiger charge is -2.26. The summed E-state index contributed by atoms with van der Waals surface area (Å²) in [5, 5.41) is 3.36. The minimum Gasteiger partial charge on any atom is -0.378 e. The van der Waals surface area contributed by atoms with Crippen molar-refractivity contribution in [2.75, 3.05) is 32.2 Å². The van der Waals surface area contributed by atoms with E-state index in [4.69, 9.17) is 9.47 Å². The Kier molecular flexibility index (Phi) is 4.02. The first-order valence-corrected chi connectivity index (χ1v) is 6.17. The van der Waals surface area contributed by atoms with E-state index in [2.05, 4.69) is 21.8 Å². The first kappa shape index (κ1) is 12.4. The lowest BCUT2D eigenvalue weighted by Crippen LogP contribution is -2.40. The smallest absolute Gasteiger partial charge is 0.202 e. The molecule has 1 fully saturated rings. The highest BCUT2D eigenvalue weighted by Gasteiger charge is 2.34. The number of nitrogens with zero attached hydrogens (tertiary/aromatic N) is 2. The van der Waals surface area contributed by atoms with Gasteiger partial charge in [-0.3, -0.25) is 0 Å². The summed E-state index contributed by atoms with van der Waals surface area (Å²) in [5.41, 5.74) is -0.191. The fourth-order valence-electron chi connectivity index (χ4n) is 2.10. The maximum absolute atomic E-state index is 5.57. The molecule has 1 aliphatic rings. The Labute approximate surface area is 102 Å². The summed E-state index contributed by atoms with van der Waals surface area (Å²) in [7, 11) is 1.74. The van der Waals surface area contributed by atoms with E-state index in [9.17, 15) is 0 Å². The van der Waals surface area contributed by atoms with Crippen LogP contribution in [0, 0.1) is 0 Å². The molecule has 96 valence electrons. The predicted octanol–water partition coefficient (Wildman–Crippen LogP) is 1.51. The molecule has 0 saturated carbocycles. The van der Waals surface area contributed by atoms with Crippen LogP contribution >= 0.6 is 0 Å². The van der Waals surface area contributed by atoms with Crippen LogP contribution in [0.25, 0.3) is 0 Å². The Morgan fingerprint density at radius 3 is 3.18 bits per heavy atom. The van der Waals surface area contributed by atoms with Crippen molar-refractivity contribution in [3.8, 4) is 0 Å². The maximum atomic E-state index is 5.57. The molecule has 1 atom stereocenters. The first-order valence-electron chi connectivity index (χ1n) is 6.17. The molecule has 5 nitrogen and oxygen atoms in total. The summed E-state index contributed by atoms with van der Waals surface area (Å²) < 4.78 is 13.1. The summed E-state index contributed by atoms with van der Waals surface area (Å²) in [6, 6.07) is 0. The SMILES string of the molecule is CCCn1ccnc1NCC1(OC)CCOC1. The molecule has 1 aromatic rings. The second-order valence-corrected chi connectivity index (χ2v) is 4.49. The second-order valence-electron chi connectivity index (χ2n) is 4.49. The van der Waals surface area contributed by atoms with E-state index in [0.717, 1.165) is 38.5 Å². The van der Waals surface area contributed by atoms with Crippen molar-refractivity contribution in [1.29, 1.82) is 0 Å². The molecule has 0 aliphatic carbocycles. The Balaban J connectivity index is 1.94. The number of hydrogen-bond donors (Lipinski definition) is 1. The van der Waals surface area contributed by atoms with Gasteiger partial charge in [0.2, 0.25) is 5.95 Å². The van der Waals surface area contributed by atoms with Gasteiger partial charge in [0.1, 0.15) is 5.60 Å². The van der Waals surface area contributed by atoms with Crippen LogP contribution in [0.2, 0.25) is 0 Å². The van der Waals surface area contributed by atoms with Crippen LogP contribution in [0.15, 0.2) is 12.4 Å². The maximum Gasteiger partial charge on any atom is 0.202 e. The number of aromatic nitrogens is 2.